The number of benzene rings is 1. The molecule has 2 heterocycles. The average Bonchev–Trinajstić information content (AvgIpc) is 2.97. The Labute approximate surface area is 109 Å². The first-order valence-electron chi connectivity index (χ1n) is 7.09. The molecule has 0 unspecified atom stereocenters. The van der Waals surface area contributed by atoms with Crippen LogP contribution in [0.25, 0.3) is 10.9 Å². The van der Waals surface area contributed by atoms with E-state index in [2.05, 4.69) is 47.6 Å². The molecule has 0 atom stereocenters. The molecule has 1 saturated heterocycles. The Morgan fingerprint density at radius 3 is 2.67 bits per heavy atom. The standard InChI is InChI=1S/C16H22N2/c1-3-18-14(12-17-9-4-5-10-17)11-15-13(2)7-6-8-16(15)18/h6-8,11H,3-5,9-10,12H2,1-2H3. The van der Waals surface area contributed by atoms with Gasteiger partial charge in [0, 0.05) is 29.7 Å². The highest BCUT2D eigenvalue weighted by Crippen LogP contribution is 2.25. The van der Waals surface area contributed by atoms with Crippen LogP contribution < -0.4 is 0 Å². The molecule has 0 N–H and O–H groups in total. The first kappa shape index (κ1) is 11.8. The van der Waals surface area contributed by atoms with E-state index in [0.717, 1.165) is 13.1 Å². The van der Waals surface area contributed by atoms with E-state index >= 15 is 0 Å². The summed E-state index contributed by atoms with van der Waals surface area (Å²) in [5.41, 5.74) is 4.26. The fraction of sp³-hybridized carbons (Fsp3) is 0.500. The van der Waals surface area contributed by atoms with Gasteiger partial charge >= 0.3 is 0 Å². The molecular formula is C16H22N2. The first-order chi connectivity index (χ1) is 8.79. The minimum Gasteiger partial charge on any atom is -0.344 e. The molecule has 1 aliphatic heterocycles. The van der Waals surface area contributed by atoms with Gasteiger partial charge in [0.25, 0.3) is 0 Å². The Morgan fingerprint density at radius 2 is 1.94 bits per heavy atom. The van der Waals surface area contributed by atoms with Crippen LogP contribution in [0.3, 0.4) is 0 Å². The summed E-state index contributed by atoms with van der Waals surface area (Å²) >= 11 is 0. The summed E-state index contributed by atoms with van der Waals surface area (Å²) < 4.78 is 2.47. The maximum atomic E-state index is 2.58. The van der Waals surface area contributed by atoms with E-state index in [-0.39, 0.29) is 0 Å². The summed E-state index contributed by atoms with van der Waals surface area (Å²) in [6.45, 7) is 9.17. The molecule has 0 bridgehead atoms. The maximum absolute atomic E-state index is 2.58. The smallest absolute Gasteiger partial charge is 0.0485 e. The van der Waals surface area contributed by atoms with E-state index in [4.69, 9.17) is 0 Å². The Bertz CT molecular complexity index is 547. The number of aryl methyl sites for hydroxylation is 2. The quantitative estimate of drug-likeness (QED) is 0.799. The summed E-state index contributed by atoms with van der Waals surface area (Å²) in [6.07, 6.45) is 2.73. The highest BCUT2D eigenvalue weighted by atomic mass is 15.2. The number of likely N-dealkylation sites (tertiary alicyclic amines) is 1. The molecule has 0 radical (unpaired) electrons. The highest BCUT2D eigenvalue weighted by Gasteiger charge is 2.15. The summed E-state index contributed by atoms with van der Waals surface area (Å²) in [6, 6.07) is 9.03. The maximum Gasteiger partial charge on any atom is 0.0485 e. The van der Waals surface area contributed by atoms with Crippen molar-refractivity contribution in [2.24, 2.45) is 0 Å². The van der Waals surface area contributed by atoms with Gasteiger partial charge in [-0.05, 0) is 57.5 Å². The summed E-state index contributed by atoms with van der Waals surface area (Å²) in [4.78, 5) is 2.58. The van der Waals surface area contributed by atoms with Gasteiger partial charge in [-0.25, -0.2) is 0 Å². The van der Waals surface area contributed by atoms with Crippen molar-refractivity contribution < 1.29 is 0 Å². The molecule has 0 saturated carbocycles. The van der Waals surface area contributed by atoms with E-state index in [1.54, 1.807) is 0 Å². The van der Waals surface area contributed by atoms with E-state index in [1.807, 2.05) is 0 Å². The summed E-state index contributed by atoms with van der Waals surface area (Å²) in [5, 5.41) is 1.42. The van der Waals surface area contributed by atoms with Crippen molar-refractivity contribution >= 4 is 10.9 Å². The van der Waals surface area contributed by atoms with Gasteiger partial charge in [-0.1, -0.05) is 12.1 Å². The van der Waals surface area contributed by atoms with Crippen LogP contribution in [-0.4, -0.2) is 22.6 Å². The lowest BCUT2D eigenvalue weighted by Crippen LogP contribution is -2.20. The van der Waals surface area contributed by atoms with E-state index in [9.17, 15) is 0 Å². The molecule has 1 fully saturated rings. The van der Waals surface area contributed by atoms with Crippen molar-refractivity contribution in [3.63, 3.8) is 0 Å². The first-order valence-corrected chi connectivity index (χ1v) is 7.09. The number of aromatic nitrogens is 1. The van der Waals surface area contributed by atoms with Crippen LogP contribution in [0.2, 0.25) is 0 Å². The minimum absolute atomic E-state index is 1.07. The molecule has 2 nitrogen and oxygen atoms in total. The van der Waals surface area contributed by atoms with Crippen LogP contribution in [0, 0.1) is 6.92 Å². The largest absolute Gasteiger partial charge is 0.344 e. The predicted molar refractivity (Wildman–Crippen MR) is 76.9 cm³/mol. The SMILES string of the molecule is CCn1c(CN2CCCC2)cc2c(C)cccc21. The second kappa shape index (κ2) is 4.77. The molecule has 96 valence electrons. The third kappa shape index (κ3) is 1.95. The van der Waals surface area contributed by atoms with Gasteiger partial charge in [-0.2, -0.15) is 0 Å². The van der Waals surface area contributed by atoms with Crippen molar-refractivity contribution in [1.29, 1.82) is 0 Å². The number of rotatable bonds is 3. The van der Waals surface area contributed by atoms with Gasteiger partial charge in [-0.15, -0.1) is 0 Å². The highest BCUT2D eigenvalue weighted by molar-refractivity contribution is 5.84. The lowest BCUT2D eigenvalue weighted by atomic mass is 10.1. The third-order valence-electron chi connectivity index (χ3n) is 4.15. The molecule has 18 heavy (non-hydrogen) atoms. The van der Waals surface area contributed by atoms with E-state index in [1.165, 1.54) is 48.1 Å². The normalized spacial score (nSPS) is 16.8. The van der Waals surface area contributed by atoms with Gasteiger partial charge in [-0.3, -0.25) is 4.90 Å². The molecule has 3 rings (SSSR count). The average molecular weight is 242 g/mol. The zero-order valence-corrected chi connectivity index (χ0v) is 11.4. The zero-order valence-electron chi connectivity index (χ0n) is 11.4. The molecule has 0 amide bonds. The third-order valence-corrected chi connectivity index (χ3v) is 4.15. The molecule has 1 aromatic carbocycles. The Morgan fingerprint density at radius 1 is 1.17 bits per heavy atom. The Hall–Kier alpha value is -1.28. The topological polar surface area (TPSA) is 8.17 Å². The molecule has 2 aromatic rings. The molecule has 1 aliphatic rings. The van der Waals surface area contributed by atoms with Crippen LogP contribution in [0.15, 0.2) is 24.3 Å². The van der Waals surface area contributed by atoms with Crippen LogP contribution >= 0.6 is 0 Å². The summed E-state index contributed by atoms with van der Waals surface area (Å²) in [7, 11) is 0. The van der Waals surface area contributed by atoms with Crippen molar-refractivity contribution in [3.8, 4) is 0 Å². The lowest BCUT2D eigenvalue weighted by molar-refractivity contribution is 0.322. The van der Waals surface area contributed by atoms with Crippen LogP contribution in [-0.2, 0) is 13.1 Å². The zero-order chi connectivity index (χ0) is 12.5. The Balaban J connectivity index is 2.02. The number of hydrogen-bond acceptors (Lipinski definition) is 1. The van der Waals surface area contributed by atoms with Gasteiger partial charge in [0.2, 0.25) is 0 Å². The fourth-order valence-electron chi connectivity index (χ4n) is 3.16. The molecule has 1 aromatic heterocycles. The van der Waals surface area contributed by atoms with Gasteiger partial charge in [0.15, 0.2) is 0 Å². The van der Waals surface area contributed by atoms with Gasteiger partial charge < -0.3 is 4.57 Å². The van der Waals surface area contributed by atoms with Crippen molar-refractivity contribution in [2.75, 3.05) is 13.1 Å². The second-order valence-corrected chi connectivity index (χ2v) is 5.37. The monoisotopic (exact) mass is 242 g/mol. The van der Waals surface area contributed by atoms with E-state index in [0.29, 0.717) is 0 Å². The lowest BCUT2D eigenvalue weighted by Gasteiger charge is -2.16. The van der Waals surface area contributed by atoms with Gasteiger partial charge in [0.1, 0.15) is 0 Å². The summed E-state index contributed by atoms with van der Waals surface area (Å²) in [5.74, 6) is 0. The minimum atomic E-state index is 1.07. The van der Waals surface area contributed by atoms with Gasteiger partial charge in [0.05, 0.1) is 0 Å². The molecule has 2 heteroatoms. The van der Waals surface area contributed by atoms with Crippen molar-refractivity contribution in [3.05, 3.63) is 35.5 Å². The van der Waals surface area contributed by atoms with E-state index < -0.39 is 0 Å². The molecule has 0 spiro atoms. The molecular weight excluding hydrogens is 220 g/mol. The van der Waals surface area contributed by atoms with Crippen molar-refractivity contribution in [1.82, 2.24) is 9.47 Å². The molecule has 0 aliphatic carbocycles. The van der Waals surface area contributed by atoms with Crippen LogP contribution in [0.5, 0.6) is 0 Å². The van der Waals surface area contributed by atoms with Crippen molar-refractivity contribution in [2.45, 2.75) is 39.8 Å². The van der Waals surface area contributed by atoms with Crippen LogP contribution in [0.1, 0.15) is 31.0 Å². The number of nitrogens with zero attached hydrogens (tertiary/aromatic N) is 2. The van der Waals surface area contributed by atoms with Crippen LogP contribution in [0.4, 0.5) is 0 Å². The number of fused-ring (bicyclic) bond motifs is 1. The predicted octanol–water partition coefficient (Wildman–Crippen LogP) is 3.57. The fourth-order valence-corrected chi connectivity index (χ4v) is 3.16. The second-order valence-electron chi connectivity index (χ2n) is 5.37. The number of hydrogen-bond donors (Lipinski definition) is 0. The Kier molecular flexibility index (Phi) is 3.13.